The Morgan fingerprint density at radius 1 is 1.12 bits per heavy atom. The molecule has 0 aliphatic carbocycles. The maximum atomic E-state index is 12.8. The first-order valence-electron chi connectivity index (χ1n) is 6.58. The zero-order valence-electron chi connectivity index (χ0n) is 12.2. The van der Waals surface area contributed by atoms with Gasteiger partial charge in [0.25, 0.3) is 5.91 Å². The number of nitrogens with zero attached hydrogens (tertiary/aromatic N) is 1. The zero-order valence-corrected chi connectivity index (χ0v) is 13.0. The molecule has 0 saturated heterocycles. The minimum atomic E-state index is -4.63. The second kappa shape index (κ2) is 6.88. The molecule has 2 rings (SSSR count). The molecule has 2 N–H and O–H groups in total. The number of carbonyl (C=O) groups excluding carboxylic acids is 2. The van der Waals surface area contributed by atoms with Crippen molar-refractivity contribution in [2.45, 2.75) is 13.1 Å². The van der Waals surface area contributed by atoms with E-state index in [9.17, 15) is 22.8 Å². The maximum absolute atomic E-state index is 12.8. The van der Waals surface area contributed by atoms with E-state index in [-0.39, 0.29) is 23.0 Å². The molecular formula is C15H11ClF3N3O2. The average Bonchev–Trinajstić information content (AvgIpc) is 2.47. The highest BCUT2D eigenvalue weighted by molar-refractivity contribution is 6.31. The van der Waals surface area contributed by atoms with E-state index in [0.29, 0.717) is 0 Å². The lowest BCUT2D eigenvalue weighted by molar-refractivity contribution is -0.137. The number of pyridine rings is 1. The third-order valence-electron chi connectivity index (χ3n) is 2.86. The van der Waals surface area contributed by atoms with Crippen LogP contribution < -0.4 is 10.6 Å². The van der Waals surface area contributed by atoms with Gasteiger partial charge in [0.15, 0.2) is 0 Å². The molecule has 9 heteroatoms. The van der Waals surface area contributed by atoms with Crippen LogP contribution in [0.25, 0.3) is 0 Å². The fraction of sp³-hybridized carbons (Fsp3) is 0.133. The molecule has 1 heterocycles. The third-order valence-corrected chi connectivity index (χ3v) is 3.19. The summed E-state index contributed by atoms with van der Waals surface area (Å²) in [6.07, 6.45) is -3.34. The van der Waals surface area contributed by atoms with Gasteiger partial charge < -0.3 is 10.6 Å². The molecular weight excluding hydrogens is 347 g/mol. The Morgan fingerprint density at radius 3 is 2.46 bits per heavy atom. The van der Waals surface area contributed by atoms with Gasteiger partial charge in [0.2, 0.25) is 5.91 Å². The quantitative estimate of drug-likeness (QED) is 0.873. The number of benzene rings is 1. The minimum absolute atomic E-state index is 0.0605. The molecule has 0 fully saturated rings. The predicted molar refractivity (Wildman–Crippen MR) is 82.9 cm³/mol. The van der Waals surface area contributed by atoms with Gasteiger partial charge in [-0.15, -0.1) is 0 Å². The van der Waals surface area contributed by atoms with Crippen LogP contribution >= 0.6 is 11.6 Å². The Kier molecular flexibility index (Phi) is 5.08. The number of anilines is 2. The van der Waals surface area contributed by atoms with Crippen LogP contribution in [0.15, 0.2) is 36.5 Å². The van der Waals surface area contributed by atoms with E-state index in [2.05, 4.69) is 15.6 Å². The molecule has 0 unspecified atom stereocenters. The van der Waals surface area contributed by atoms with Crippen molar-refractivity contribution in [1.82, 2.24) is 4.98 Å². The summed E-state index contributed by atoms with van der Waals surface area (Å²) < 4.78 is 38.5. The lowest BCUT2D eigenvalue weighted by Gasteiger charge is -2.12. The van der Waals surface area contributed by atoms with Gasteiger partial charge in [-0.25, -0.2) is 4.98 Å². The number of rotatable bonds is 3. The number of alkyl halides is 3. The van der Waals surface area contributed by atoms with Crippen molar-refractivity contribution in [3.63, 3.8) is 0 Å². The summed E-state index contributed by atoms with van der Waals surface area (Å²) in [4.78, 5) is 27.0. The van der Waals surface area contributed by atoms with E-state index in [1.54, 1.807) is 0 Å². The Hall–Kier alpha value is -2.61. The van der Waals surface area contributed by atoms with Gasteiger partial charge in [-0.1, -0.05) is 11.6 Å². The van der Waals surface area contributed by atoms with Crippen LogP contribution in [0.2, 0.25) is 5.02 Å². The van der Waals surface area contributed by atoms with Crippen molar-refractivity contribution in [3.8, 4) is 0 Å². The first-order valence-corrected chi connectivity index (χ1v) is 6.96. The van der Waals surface area contributed by atoms with Crippen LogP contribution in [-0.4, -0.2) is 16.8 Å². The number of halogens is 4. The molecule has 0 saturated carbocycles. The Morgan fingerprint density at radius 2 is 1.83 bits per heavy atom. The van der Waals surface area contributed by atoms with Crippen LogP contribution in [0, 0.1) is 0 Å². The summed E-state index contributed by atoms with van der Waals surface area (Å²) in [5, 5.41) is 4.28. The van der Waals surface area contributed by atoms with Gasteiger partial charge in [0.1, 0.15) is 5.82 Å². The van der Waals surface area contributed by atoms with E-state index in [1.165, 1.54) is 31.3 Å². The summed E-state index contributed by atoms with van der Waals surface area (Å²) in [5.41, 5.74) is -0.984. The number of amides is 2. The number of nitrogens with one attached hydrogen (secondary N) is 2. The lowest BCUT2D eigenvalue weighted by Crippen LogP contribution is -2.15. The predicted octanol–water partition coefficient (Wildman–Crippen LogP) is 3.96. The van der Waals surface area contributed by atoms with Crippen molar-refractivity contribution >= 4 is 34.9 Å². The topological polar surface area (TPSA) is 71.1 Å². The maximum Gasteiger partial charge on any atom is 0.417 e. The van der Waals surface area contributed by atoms with E-state index >= 15 is 0 Å². The number of hydrogen-bond acceptors (Lipinski definition) is 3. The summed E-state index contributed by atoms with van der Waals surface area (Å²) in [6, 6.07) is 5.72. The molecule has 0 aliphatic rings. The van der Waals surface area contributed by atoms with Gasteiger partial charge in [-0.05, 0) is 30.3 Å². The van der Waals surface area contributed by atoms with Gasteiger partial charge in [-0.3, -0.25) is 9.59 Å². The number of carbonyl (C=O) groups is 2. The van der Waals surface area contributed by atoms with Crippen LogP contribution in [0.4, 0.5) is 24.7 Å². The van der Waals surface area contributed by atoms with Crippen LogP contribution in [0.5, 0.6) is 0 Å². The van der Waals surface area contributed by atoms with Crippen LogP contribution in [-0.2, 0) is 11.0 Å². The highest BCUT2D eigenvalue weighted by Crippen LogP contribution is 2.36. The third kappa shape index (κ3) is 4.45. The van der Waals surface area contributed by atoms with Crippen LogP contribution in [0.3, 0.4) is 0 Å². The SMILES string of the molecule is CC(=O)Nc1cc(C(=O)Nc2ccc(Cl)c(C(F)(F)F)c2)ccn1. The molecule has 2 aromatic rings. The fourth-order valence-electron chi connectivity index (χ4n) is 1.84. The Labute approximate surface area is 139 Å². The molecule has 1 aromatic heterocycles. The molecule has 0 aliphatic heterocycles. The van der Waals surface area contributed by atoms with Crippen molar-refractivity contribution in [3.05, 3.63) is 52.7 Å². The van der Waals surface area contributed by atoms with Crippen molar-refractivity contribution in [2.75, 3.05) is 10.6 Å². The number of hydrogen-bond donors (Lipinski definition) is 2. The summed E-state index contributed by atoms with van der Waals surface area (Å²) in [7, 11) is 0. The number of aromatic nitrogens is 1. The largest absolute Gasteiger partial charge is 0.417 e. The van der Waals surface area contributed by atoms with Gasteiger partial charge in [0, 0.05) is 24.4 Å². The van der Waals surface area contributed by atoms with E-state index < -0.39 is 22.7 Å². The Balaban J connectivity index is 2.23. The fourth-order valence-corrected chi connectivity index (χ4v) is 2.07. The van der Waals surface area contributed by atoms with E-state index in [1.807, 2.05) is 0 Å². The monoisotopic (exact) mass is 357 g/mol. The molecule has 2 amide bonds. The summed E-state index contributed by atoms with van der Waals surface area (Å²) in [5.74, 6) is -0.866. The first-order chi connectivity index (χ1) is 11.2. The molecule has 24 heavy (non-hydrogen) atoms. The van der Waals surface area contributed by atoms with Crippen molar-refractivity contribution < 1.29 is 22.8 Å². The smallest absolute Gasteiger partial charge is 0.322 e. The minimum Gasteiger partial charge on any atom is -0.322 e. The molecule has 0 atom stereocenters. The second-order valence-corrected chi connectivity index (χ2v) is 5.16. The van der Waals surface area contributed by atoms with Gasteiger partial charge in [-0.2, -0.15) is 13.2 Å². The average molecular weight is 358 g/mol. The standard InChI is InChI=1S/C15H11ClF3N3O2/c1-8(23)21-13-6-9(4-5-20-13)14(24)22-10-2-3-12(16)11(7-10)15(17,18)19/h2-7H,1H3,(H,22,24)(H,20,21,23). The first kappa shape index (κ1) is 17.7. The van der Waals surface area contributed by atoms with Gasteiger partial charge >= 0.3 is 6.18 Å². The highest BCUT2D eigenvalue weighted by Gasteiger charge is 2.33. The molecule has 0 bridgehead atoms. The highest BCUT2D eigenvalue weighted by atomic mass is 35.5. The second-order valence-electron chi connectivity index (χ2n) is 4.76. The Bertz CT molecular complexity index is 794. The molecule has 1 aromatic carbocycles. The molecule has 126 valence electrons. The van der Waals surface area contributed by atoms with Gasteiger partial charge in [0.05, 0.1) is 10.6 Å². The van der Waals surface area contributed by atoms with Crippen molar-refractivity contribution in [1.29, 1.82) is 0 Å². The van der Waals surface area contributed by atoms with E-state index in [4.69, 9.17) is 11.6 Å². The van der Waals surface area contributed by atoms with Crippen molar-refractivity contribution in [2.24, 2.45) is 0 Å². The zero-order chi connectivity index (χ0) is 17.9. The molecule has 0 spiro atoms. The molecule has 0 radical (unpaired) electrons. The normalized spacial score (nSPS) is 11.0. The molecule has 5 nitrogen and oxygen atoms in total. The summed E-state index contributed by atoms with van der Waals surface area (Å²) >= 11 is 5.52. The van der Waals surface area contributed by atoms with Crippen LogP contribution in [0.1, 0.15) is 22.8 Å². The summed E-state index contributed by atoms with van der Waals surface area (Å²) in [6.45, 7) is 1.28. The lowest BCUT2D eigenvalue weighted by atomic mass is 10.1. The van der Waals surface area contributed by atoms with E-state index in [0.717, 1.165) is 12.1 Å².